The van der Waals surface area contributed by atoms with Gasteiger partial charge in [0.15, 0.2) is 0 Å². The van der Waals surface area contributed by atoms with E-state index in [0.717, 1.165) is 38.6 Å². The summed E-state index contributed by atoms with van der Waals surface area (Å²) in [7, 11) is -3.44. The van der Waals surface area contributed by atoms with E-state index in [1.165, 1.54) is 0 Å². The molecule has 0 aromatic carbocycles. The monoisotopic (exact) mass is 456 g/mol. The summed E-state index contributed by atoms with van der Waals surface area (Å²) in [6, 6.07) is 1.00. The Balaban J connectivity index is 1.44. The predicted molar refractivity (Wildman–Crippen MR) is 122 cm³/mol. The Morgan fingerprint density at radius 3 is 2.45 bits per heavy atom. The lowest BCUT2D eigenvalue weighted by molar-refractivity contribution is 0.0489. The Bertz CT molecular complexity index is 755. The van der Waals surface area contributed by atoms with Gasteiger partial charge in [0.05, 0.1) is 11.4 Å². The first-order valence-corrected chi connectivity index (χ1v) is 13.9. The van der Waals surface area contributed by atoms with E-state index in [1.807, 2.05) is 0 Å². The topological polar surface area (TPSA) is 101 Å². The van der Waals surface area contributed by atoms with Crippen LogP contribution in [0.25, 0.3) is 0 Å². The van der Waals surface area contributed by atoms with Gasteiger partial charge in [0, 0.05) is 18.1 Å². The van der Waals surface area contributed by atoms with Crippen LogP contribution in [-0.4, -0.2) is 55.6 Å². The SMILES string of the molecule is CC1CC(C2NCCC2C2C=CC(N)N2C(C)C2CCC(S(N)(=O)=O)CC2)CCC1F. The summed E-state index contributed by atoms with van der Waals surface area (Å²) < 4.78 is 37.5. The van der Waals surface area contributed by atoms with Crippen molar-refractivity contribution in [1.29, 1.82) is 0 Å². The lowest BCUT2D eigenvalue weighted by Crippen LogP contribution is -2.55. The lowest BCUT2D eigenvalue weighted by atomic mass is 9.73. The molecular weight excluding hydrogens is 415 g/mol. The molecule has 178 valence electrons. The van der Waals surface area contributed by atoms with Gasteiger partial charge >= 0.3 is 0 Å². The van der Waals surface area contributed by atoms with E-state index in [2.05, 4.69) is 36.2 Å². The average Bonchev–Trinajstić information content (AvgIpc) is 3.35. The number of alkyl halides is 1. The molecule has 0 bridgehead atoms. The zero-order chi connectivity index (χ0) is 22.3. The standard InChI is InChI=1S/C23H41FN4O2S/c1-14-13-17(5-8-20(14)24)23-19(11-12-27-23)21-9-10-22(25)28(21)15(2)16-3-6-18(7-4-16)31(26,29)30/h9-10,14-23,27H,3-8,11-13,25H2,1-2H3,(H2,26,29,30). The average molecular weight is 457 g/mol. The molecule has 31 heavy (non-hydrogen) atoms. The van der Waals surface area contributed by atoms with E-state index in [1.54, 1.807) is 0 Å². The minimum absolute atomic E-state index is 0.0993. The van der Waals surface area contributed by atoms with Crippen LogP contribution < -0.4 is 16.2 Å². The van der Waals surface area contributed by atoms with Crippen molar-refractivity contribution in [1.82, 2.24) is 10.2 Å². The first-order chi connectivity index (χ1) is 14.7. The second-order valence-corrected chi connectivity index (χ2v) is 12.5. The van der Waals surface area contributed by atoms with Crippen LogP contribution in [0.5, 0.6) is 0 Å². The zero-order valence-electron chi connectivity index (χ0n) is 19.0. The molecule has 8 heteroatoms. The molecule has 3 fully saturated rings. The van der Waals surface area contributed by atoms with Crippen LogP contribution in [0, 0.1) is 23.7 Å². The Hall–Kier alpha value is -0.540. The molecule has 2 saturated carbocycles. The van der Waals surface area contributed by atoms with E-state index < -0.39 is 21.4 Å². The molecular formula is C23H41FN4O2S. The molecule has 4 aliphatic rings. The van der Waals surface area contributed by atoms with Crippen molar-refractivity contribution in [3.05, 3.63) is 12.2 Å². The molecule has 2 heterocycles. The normalized spacial score (nSPS) is 45.8. The third-order valence-electron chi connectivity index (χ3n) is 8.90. The van der Waals surface area contributed by atoms with Crippen molar-refractivity contribution >= 4 is 10.0 Å². The van der Waals surface area contributed by atoms with Gasteiger partial charge in [0.1, 0.15) is 6.17 Å². The second kappa shape index (κ2) is 9.37. The number of hydrogen-bond acceptors (Lipinski definition) is 5. The molecule has 0 aromatic rings. The summed E-state index contributed by atoms with van der Waals surface area (Å²) >= 11 is 0. The minimum atomic E-state index is -3.44. The van der Waals surface area contributed by atoms with E-state index >= 15 is 0 Å². The summed E-state index contributed by atoms with van der Waals surface area (Å²) in [6.45, 7) is 5.33. The summed E-state index contributed by atoms with van der Waals surface area (Å²) in [5.41, 5.74) is 6.56. The molecule has 2 aliphatic carbocycles. The fourth-order valence-electron chi connectivity index (χ4n) is 7.05. The van der Waals surface area contributed by atoms with Crippen LogP contribution in [-0.2, 0) is 10.0 Å². The van der Waals surface area contributed by atoms with Crippen molar-refractivity contribution in [3.63, 3.8) is 0 Å². The molecule has 4 rings (SSSR count). The highest BCUT2D eigenvalue weighted by molar-refractivity contribution is 7.89. The number of nitrogens with zero attached hydrogens (tertiary/aromatic N) is 1. The smallest absolute Gasteiger partial charge is 0.211 e. The van der Waals surface area contributed by atoms with Crippen LogP contribution in [0.1, 0.15) is 65.2 Å². The maximum absolute atomic E-state index is 14.1. The second-order valence-electron chi connectivity index (χ2n) is 10.7. The Morgan fingerprint density at radius 2 is 1.81 bits per heavy atom. The largest absolute Gasteiger partial charge is 0.313 e. The third kappa shape index (κ3) is 4.88. The number of primary sulfonamides is 1. The molecule has 6 nitrogen and oxygen atoms in total. The number of nitrogens with two attached hydrogens (primary N) is 2. The summed E-state index contributed by atoms with van der Waals surface area (Å²) in [4.78, 5) is 2.47. The van der Waals surface area contributed by atoms with E-state index in [9.17, 15) is 12.8 Å². The van der Waals surface area contributed by atoms with Gasteiger partial charge in [-0.2, -0.15) is 0 Å². The maximum atomic E-state index is 14.1. The summed E-state index contributed by atoms with van der Waals surface area (Å²) in [5, 5.41) is 8.75. The molecule has 1 saturated heterocycles. The molecule has 0 aromatic heterocycles. The molecule has 0 spiro atoms. The molecule has 8 unspecified atom stereocenters. The van der Waals surface area contributed by atoms with Crippen LogP contribution in [0.4, 0.5) is 4.39 Å². The molecule has 8 atom stereocenters. The van der Waals surface area contributed by atoms with Crippen molar-refractivity contribution < 1.29 is 12.8 Å². The van der Waals surface area contributed by atoms with Crippen molar-refractivity contribution in [2.24, 2.45) is 34.5 Å². The van der Waals surface area contributed by atoms with Crippen LogP contribution in [0.2, 0.25) is 0 Å². The Labute approximate surface area is 187 Å². The molecule has 2 aliphatic heterocycles. The van der Waals surface area contributed by atoms with Gasteiger partial charge in [-0.05, 0) is 88.5 Å². The van der Waals surface area contributed by atoms with Crippen molar-refractivity contribution in [2.45, 2.75) is 101 Å². The first kappa shape index (κ1) is 23.6. The van der Waals surface area contributed by atoms with Crippen molar-refractivity contribution in [3.8, 4) is 0 Å². The van der Waals surface area contributed by atoms with Crippen molar-refractivity contribution in [2.75, 3.05) is 6.54 Å². The zero-order valence-corrected chi connectivity index (χ0v) is 19.8. The third-order valence-corrected chi connectivity index (χ3v) is 10.3. The molecule has 0 radical (unpaired) electrons. The van der Waals surface area contributed by atoms with Crippen LogP contribution in [0.3, 0.4) is 0 Å². The fraction of sp³-hybridized carbons (Fsp3) is 0.913. The van der Waals surface area contributed by atoms with Gasteiger partial charge in [-0.15, -0.1) is 0 Å². The number of halogens is 1. The number of hydrogen-bond donors (Lipinski definition) is 3. The van der Waals surface area contributed by atoms with E-state index in [4.69, 9.17) is 10.9 Å². The number of rotatable bonds is 5. The number of sulfonamides is 1. The quantitative estimate of drug-likeness (QED) is 0.552. The van der Waals surface area contributed by atoms with Gasteiger partial charge in [0.25, 0.3) is 0 Å². The van der Waals surface area contributed by atoms with Gasteiger partial charge in [-0.1, -0.05) is 19.1 Å². The Morgan fingerprint density at radius 1 is 1.10 bits per heavy atom. The van der Waals surface area contributed by atoms with Crippen LogP contribution in [0.15, 0.2) is 12.2 Å². The van der Waals surface area contributed by atoms with E-state index in [-0.39, 0.29) is 18.1 Å². The summed E-state index contributed by atoms with van der Waals surface area (Å²) in [5.74, 6) is 1.59. The highest BCUT2D eigenvalue weighted by Crippen LogP contribution is 2.42. The highest BCUT2D eigenvalue weighted by atomic mass is 32.2. The van der Waals surface area contributed by atoms with Gasteiger partial charge in [-0.3, -0.25) is 4.90 Å². The minimum Gasteiger partial charge on any atom is -0.313 e. The maximum Gasteiger partial charge on any atom is 0.211 e. The highest BCUT2D eigenvalue weighted by Gasteiger charge is 2.46. The summed E-state index contributed by atoms with van der Waals surface area (Å²) in [6.07, 6.45) is 10.5. The lowest BCUT2D eigenvalue weighted by Gasteiger charge is -2.45. The molecule has 5 N–H and O–H groups in total. The van der Waals surface area contributed by atoms with Gasteiger partial charge in [-0.25, -0.2) is 17.9 Å². The Kier molecular flexibility index (Phi) is 7.14. The van der Waals surface area contributed by atoms with Gasteiger partial charge < -0.3 is 11.1 Å². The molecule has 0 amide bonds. The van der Waals surface area contributed by atoms with E-state index in [0.29, 0.717) is 49.1 Å². The van der Waals surface area contributed by atoms with Crippen LogP contribution >= 0.6 is 0 Å². The van der Waals surface area contributed by atoms with Gasteiger partial charge in [0.2, 0.25) is 10.0 Å². The fourth-order valence-corrected chi connectivity index (χ4v) is 7.98. The first-order valence-electron chi connectivity index (χ1n) is 12.3. The predicted octanol–water partition coefficient (Wildman–Crippen LogP) is 2.50. The number of nitrogens with one attached hydrogen (secondary N) is 1.